The van der Waals surface area contributed by atoms with Crippen LogP contribution in [0.25, 0.3) is 11.8 Å². The van der Waals surface area contributed by atoms with E-state index in [2.05, 4.69) is 31.5 Å². The van der Waals surface area contributed by atoms with E-state index in [1.165, 1.54) is 41.4 Å². The minimum absolute atomic E-state index is 0.187. The van der Waals surface area contributed by atoms with Crippen molar-refractivity contribution in [2.24, 2.45) is 0 Å². The average molecular weight is 624 g/mol. The predicted octanol–water partition coefficient (Wildman–Crippen LogP) is 2.60. The van der Waals surface area contributed by atoms with E-state index in [1.54, 1.807) is 24.3 Å². The first-order valence-electron chi connectivity index (χ1n) is 12.9. The van der Waals surface area contributed by atoms with E-state index in [4.69, 9.17) is 21.4 Å². The molecule has 0 radical (unpaired) electrons. The molecule has 1 aromatic heterocycles. The van der Waals surface area contributed by atoms with Crippen molar-refractivity contribution in [3.8, 4) is 5.69 Å². The Bertz CT molecular complexity index is 1640. The van der Waals surface area contributed by atoms with E-state index in [0.29, 0.717) is 22.0 Å². The average Bonchev–Trinajstić information content (AvgIpc) is 3.51. The van der Waals surface area contributed by atoms with Crippen LogP contribution in [0.15, 0.2) is 85.2 Å². The Kier molecular flexibility index (Phi) is 10.5. The minimum Gasteiger partial charge on any atom is -0.351 e. The number of benzene rings is 3. The van der Waals surface area contributed by atoms with Crippen molar-refractivity contribution in [2.75, 3.05) is 18.0 Å². The van der Waals surface area contributed by atoms with Crippen LogP contribution < -0.4 is 16.0 Å². The van der Waals surface area contributed by atoms with Crippen molar-refractivity contribution >= 4 is 48.7 Å². The molecular weight excluding hydrogens is 597 g/mol. The second-order valence-corrected chi connectivity index (χ2v) is 11.5. The molecule has 0 unspecified atom stereocenters. The molecule has 0 aliphatic rings. The summed E-state index contributed by atoms with van der Waals surface area (Å²) in [4.78, 5) is 56.4. The number of anilines is 1. The molecule has 13 nitrogen and oxygen atoms in total. The van der Waals surface area contributed by atoms with Gasteiger partial charge in [0.05, 0.1) is 11.8 Å². The van der Waals surface area contributed by atoms with Gasteiger partial charge >= 0.3 is 7.60 Å². The SMILES string of the molecule is O=C(C=Cc1cc(Cl)ccc1-n1cnnn1)N[C@@H](Cc1ccccc1)C(=O)Nc1ccc(C(=O)NCCP(=O)(O)O)cc1. The third kappa shape index (κ3) is 9.69. The van der Waals surface area contributed by atoms with Crippen LogP contribution in [0.1, 0.15) is 21.5 Å². The van der Waals surface area contributed by atoms with Crippen LogP contribution in [0.5, 0.6) is 0 Å². The van der Waals surface area contributed by atoms with Crippen molar-refractivity contribution in [3.05, 3.63) is 107 Å². The van der Waals surface area contributed by atoms with Crippen LogP contribution in [0.2, 0.25) is 5.02 Å². The van der Waals surface area contributed by atoms with Crippen molar-refractivity contribution in [2.45, 2.75) is 12.5 Å². The summed E-state index contributed by atoms with van der Waals surface area (Å²) in [6, 6.07) is 19.2. The first-order chi connectivity index (χ1) is 20.6. The number of nitrogens with zero attached hydrogens (tertiary/aromatic N) is 4. The van der Waals surface area contributed by atoms with Crippen molar-refractivity contribution < 1.29 is 28.7 Å². The van der Waals surface area contributed by atoms with E-state index in [-0.39, 0.29) is 18.5 Å². The molecule has 0 aliphatic carbocycles. The smallest absolute Gasteiger partial charge is 0.327 e. The second-order valence-electron chi connectivity index (χ2n) is 9.25. The summed E-state index contributed by atoms with van der Waals surface area (Å²) in [5.74, 6) is -1.53. The normalized spacial score (nSPS) is 12.1. The molecule has 0 bridgehead atoms. The summed E-state index contributed by atoms with van der Waals surface area (Å²) >= 11 is 6.15. The molecule has 3 aromatic carbocycles. The van der Waals surface area contributed by atoms with Crippen LogP contribution >= 0.6 is 19.2 Å². The third-order valence-electron chi connectivity index (χ3n) is 6.02. The lowest BCUT2D eigenvalue weighted by molar-refractivity contribution is -0.123. The molecule has 0 saturated heterocycles. The number of rotatable bonds is 12. The molecule has 222 valence electrons. The summed E-state index contributed by atoms with van der Waals surface area (Å²) < 4.78 is 12.4. The van der Waals surface area contributed by atoms with Gasteiger partial charge in [-0.05, 0) is 64.5 Å². The highest BCUT2D eigenvalue weighted by Gasteiger charge is 2.21. The van der Waals surface area contributed by atoms with E-state index < -0.39 is 37.5 Å². The fourth-order valence-corrected chi connectivity index (χ4v) is 4.52. The molecule has 1 atom stereocenters. The Labute approximate surface area is 251 Å². The van der Waals surface area contributed by atoms with Gasteiger partial charge in [-0.3, -0.25) is 18.9 Å². The predicted molar refractivity (Wildman–Crippen MR) is 160 cm³/mol. The first-order valence-corrected chi connectivity index (χ1v) is 15.0. The van der Waals surface area contributed by atoms with E-state index in [9.17, 15) is 18.9 Å². The maximum atomic E-state index is 13.3. The molecule has 0 aliphatic heterocycles. The maximum Gasteiger partial charge on any atom is 0.327 e. The number of carbonyl (C=O) groups is 3. The van der Waals surface area contributed by atoms with Gasteiger partial charge in [-0.15, -0.1) is 5.10 Å². The zero-order valence-electron chi connectivity index (χ0n) is 22.5. The van der Waals surface area contributed by atoms with Crippen molar-refractivity contribution in [1.82, 2.24) is 30.8 Å². The fraction of sp³-hybridized carbons (Fsp3) is 0.143. The molecule has 43 heavy (non-hydrogen) atoms. The van der Waals surface area contributed by atoms with Gasteiger partial charge in [0.15, 0.2) is 0 Å². The Hall–Kier alpha value is -4.68. The van der Waals surface area contributed by atoms with Crippen LogP contribution in [-0.2, 0) is 20.6 Å². The van der Waals surface area contributed by atoms with Gasteiger partial charge in [0.25, 0.3) is 5.91 Å². The quantitative estimate of drug-likeness (QED) is 0.117. The number of aromatic nitrogens is 4. The zero-order valence-corrected chi connectivity index (χ0v) is 24.2. The first kappa shape index (κ1) is 31.3. The maximum absolute atomic E-state index is 13.3. The number of nitrogens with one attached hydrogen (secondary N) is 3. The Morgan fingerprint density at radius 1 is 1.02 bits per heavy atom. The van der Waals surface area contributed by atoms with Crippen molar-refractivity contribution in [1.29, 1.82) is 0 Å². The number of hydrogen-bond donors (Lipinski definition) is 5. The van der Waals surface area contributed by atoms with E-state index >= 15 is 0 Å². The summed E-state index contributed by atoms with van der Waals surface area (Å²) in [7, 11) is -4.23. The number of halogens is 1. The molecule has 4 aromatic rings. The fourth-order valence-electron chi connectivity index (χ4n) is 3.93. The molecule has 3 amide bonds. The van der Waals surface area contributed by atoms with Gasteiger partial charge in [-0.25, -0.2) is 0 Å². The molecule has 4 rings (SSSR count). The highest BCUT2D eigenvalue weighted by molar-refractivity contribution is 7.51. The monoisotopic (exact) mass is 623 g/mol. The lowest BCUT2D eigenvalue weighted by Gasteiger charge is -2.18. The second kappa shape index (κ2) is 14.5. The minimum atomic E-state index is -4.23. The zero-order chi connectivity index (χ0) is 30.8. The molecule has 0 fully saturated rings. The number of hydrogen-bond acceptors (Lipinski definition) is 7. The molecular formula is C28H27ClN7O6P. The van der Waals surface area contributed by atoms with Gasteiger partial charge in [0, 0.05) is 40.9 Å². The number of carbonyl (C=O) groups excluding carboxylic acids is 3. The summed E-state index contributed by atoms with van der Waals surface area (Å²) in [6.07, 6.45) is 3.96. The lowest BCUT2D eigenvalue weighted by atomic mass is 10.0. The van der Waals surface area contributed by atoms with Gasteiger partial charge in [-0.2, -0.15) is 4.68 Å². The largest absolute Gasteiger partial charge is 0.351 e. The standard InChI is InChI=1S/C28H27ClN7O6P/c29-22-9-12-25(36-18-31-34-35-36)21(17-22)8-13-26(37)33-24(16-19-4-2-1-3-5-19)28(39)32-23-10-6-20(7-11-23)27(38)30-14-15-43(40,41)42/h1-13,17-18,24H,14-16H2,(H,30,38)(H,32,39)(H,33,37)(H2,40,41,42)/t24-/m0/s1. The van der Waals surface area contributed by atoms with Crippen LogP contribution in [0, 0.1) is 0 Å². The Morgan fingerprint density at radius 2 is 1.77 bits per heavy atom. The van der Waals surface area contributed by atoms with Gasteiger partial charge < -0.3 is 25.7 Å². The topological polar surface area (TPSA) is 188 Å². The lowest BCUT2D eigenvalue weighted by Crippen LogP contribution is -2.44. The molecule has 15 heteroatoms. The third-order valence-corrected chi connectivity index (χ3v) is 7.06. The van der Waals surface area contributed by atoms with Gasteiger partial charge in [-0.1, -0.05) is 41.9 Å². The number of tetrazole rings is 1. The summed E-state index contributed by atoms with van der Waals surface area (Å²) in [5, 5.41) is 19.5. The molecule has 5 N–H and O–H groups in total. The van der Waals surface area contributed by atoms with Gasteiger partial charge in [0.2, 0.25) is 11.8 Å². The molecule has 0 saturated carbocycles. The number of amides is 3. The van der Waals surface area contributed by atoms with Crippen LogP contribution in [-0.4, -0.2) is 66.5 Å². The molecule has 0 spiro atoms. The highest BCUT2D eigenvalue weighted by Crippen LogP contribution is 2.32. The van der Waals surface area contributed by atoms with E-state index in [1.807, 2.05) is 30.3 Å². The van der Waals surface area contributed by atoms with Crippen LogP contribution in [0.3, 0.4) is 0 Å². The summed E-state index contributed by atoms with van der Waals surface area (Å²) in [5.41, 5.74) is 2.61. The van der Waals surface area contributed by atoms with Gasteiger partial charge in [0.1, 0.15) is 12.4 Å². The highest BCUT2D eigenvalue weighted by atomic mass is 35.5. The molecule has 1 heterocycles. The van der Waals surface area contributed by atoms with E-state index in [0.717, 1.165) is 5.56 Å². The Balaban J connectivity index is 1.44. The van der Waals surface area contributed by atoms with Crippen molar-refractivity contribution in [3.63, 3.8) is 0 Å². The Morgan fingerprint density at radius 3 is 2.44 bits per heavy atom. The van der Waals surface area contributed by atoms with Crippen LogP contribution in [0.4, 0.5) is 5.69 Å². The summed E-state index contributed by atoms with van der Waals surface area (Å²) in [6.45, 7) is -0.187.